The van der Waals surface area contributed by atoms with Crippen molar-refractivity contribution >= 4 is 5.91 Å². The van der Waals surface area contributed by atoms with Crippen molar-refractivity contribution in [1.82, 2.24) is 5.32 Å². The van der Waals surface area contributed by atoms with Gasteiger partial charge >= 0.3 is 0 Å². The molecule has 0 bridgehead atoms. The van der Waals surface area contributed by atoms with Crippen molar-refractivity contribution in [2.75, 3.05) is 6.61 Å². The van der Waals surface area contributed by atoms with Crippen LogP contribution in [0.5, 0.6) is 5.75 Å². The van der Waals surface area contributed by atoms with E-state index in [1.54, 1.807) is 6.26 Å². The van der Waals surface area contributed by atoms with Gasteiger partial charge in [0.2, 0.25) is 5.91 Å². The Kier molecular flexibility index (Phi) is 6.27. The molecule has 0 saturated heterocycles. The molecular formula is C19H25NO3. The Morgan fingerprint density at radius 3 is 2.83 bits per heavy atom. The predicted molar refractivity (Wildman–Crippen MR) is 90.6 cm³/mol. The van der Waals surface area contributed by atoms with E-state index in [4.69, 9.17) is 9.15 Å². The molecule has 0 fully saturated rings. The van der Waals surface area contributed by atoms with Crippen molar-refractivity contribution in [3.63, 3.8) is 0 Å². The van der Waals surface area contributed by atoms with Gasteiger partial charge in [0, 0.05) is 6.42 Å². The zero-order chi connectivity index (χ0) is 16.7. The summed E-state index contributed by atoms with van der Waals surface area (Å²) in [5.41, 5.74) is 2.37. The van der Waals surface area contributed by atoms with Gasteiger partial charge in [-0.1, -0.05) is 12.1 Å². The number of carbonyl (C=O) groups excluding carboxylic acids is 1. The second kappa shape index (κ2) is 8.42. The van der Waals surface area contributed by atoms with Gasteiger partial charge < -0.3 is 14.5 Å². The minimum Gasteiger partial charge on any atom is -0.494 e. The molecule has 1 heterocycles. The molecular weight excluding hydrogens is 290 g/mol. The Hall–Kier alpha value is -2.23. The van der Waals surface area contributed by atoms with Gasteiger partial charge in [0.25, 0.3) is 0 Å². The van der Waals surface area contributed by atoms with Gasteiger partial charge in [0.05, 0.1) is 18.9 Å². The standard InChI is InChI=1S/C19H25NO3/c1-4-22-17-11-10-16(13-14(17)2)7-5-9-19(21)20-15(3)18-8-6-12-23-18/h6,8,10-13,15H,4-5,7,9H2,1-3H3,(H,20,21). The average molecular weight is 315 g/mol. The zero-order valence-corrected chi connectivity index (χ0v) is 14.1. The van der Waals surface area contributed by atoms with Gasteiger partial charge in [-0.3, -0.25) is 4.79 Å². The number of nitrogens with one attached hydrogen (secondary N) is 1. The van der Waals surface area contributed by atoms with Crippen LogP contribution in [-0.2, 0) is 11.2 Å². The summed E-state index contributed by atoms with van der Waals surface area (Å²) in [6, 6.07) is 9.81. The number of carbonyl (C=O) groups is 1. The highest BCUT2D eigenvalue weighted by molar-refractivity contribution is 5.76. The molecule has 0 radical (unpaired) electrons. The third kappa shape index (κ3) is 5.16. The molecule has 0 saturated carbocycles. The SMILES string of the molecule is CCOc1ccc(CCCC(=O)NC(C)c2ccco2)cc1C. The highest BCUT2D eigenvalue weighted by Gasteiger charge is 2.11. The summed E-state index contributed by atoms with van der Waals surface area (Å²) in [4.78, 5) is 12.0. The number of benzene rings is 1. The number of furan rings is 1. The van der Waals surface area contributed by atoms with Gasteiger partial charge in [0.1, 0.15) is 11.5 Å². The summed E-state index contributed by atoms with van der Waals surface area (Å²) in [6.07, 6.45) is 3.84. The van der Waals surface area contributed by atoms with E-state index in [0.29, 0.717) is 13.0 Å². The number of rotatable bonds is 8. The molecule has 23 heavy (non-hydrogen) atoms. The van der Waals surface area contributed by atoms with Crippen LogP contribution in [0.2, 0.25) is 0 Å². The van der Waals surface area contributed by atoms with Crippen molar-refractivity contribution in [3.05, 3.63) is 53.5 Å². The molecule has 0 aliphatic heterocycles. The second-order valence-electron chi connectivity index (χ2n) is 5.69. The minimum atomic E-state index is -0.0924. The Balaban J connectivity index is 1.76. The lowest BCUT2D eigenvalue weighted by molar-refractivity contribution is -0.121. The van der Waals surface area contributed by atoms with Gasteiger partial charge in [0.15, 0.2) is 0 Å². The summed E-state index contributed by atoms with van der Waals surface area (Å²) in [5, 5.41) is 2.95. The first-order valence-electron chi connectivity index (χ1n) is 8.15. The van der Waals surface area contributed by atoms with Crippen molar-refractivity contribution in [2.45, 2.75) is 46.1 Å². The molecule has 1 amide bonds. The van der Waals surface area contributed by atoms with Gasteiger partial charge in [-0.05, 0) is 62.9 Å². The molecule has 1 aromatic heterocycles. The Bertz CT molecular complexity index is 620. The maximum Gasteiger partial charge on any atom is 0.220 e. The van der Waals surface area contributed by atoms with E-state index >= 15 is 0 Å². The number of hydrogen-bond acceptors (Lipinski definition) is 3. The minimum absolute atomic E-state index is 0.0524. The van der Waals surface area contributed by atoms with E-state index in [0.717, 1.165) is 29.9 Å². The van der Waals surface area contributed by atoms with Gasteiger partial charge in [-0.15, -0.1) is 0 Å². The van der Waals surface area contributed by atoms with Gasteiger partial charge in [-0.2, -0.15) is 0 Å². The first kappa shape index (κ1) is 17.1. The monoisotopic (exact) mass is 315 g/mol. The highest BCUT2D eigenvalue weighted by atomic mass is 16.5. The van der Waals surface area contributed by atoms with Gasteiger partial charge in [-0.25, -0.2) is 0 Å². The summed E-state index contributed by atoms with van der Waals surface area (Å²) in [5.74, 6) is 1.76. The molecule has 0 spiro atoms. The molecule has 1 N–H and O–H groups in total. The van der Waals surface area contributed by atoms with Crippen LogP contribution in [0.1, 0.15) is 49.6 Å². The first-order chi connectivity index (χ1) is 11.1. The van der Waals surface area contributed by atoms with Crippen LogP contribution in [0.3, 0.4) is 0 Å². The first-order valence-corrected chi connectivity index (χ1v) is 8.15. The smallest absolute Gasteiger partial charge is 0.220 e. The van der Waals surface area contributed by atoms with Crippen molar-refractivity contribution in [1.29, 1.82) is 0 Å². The third-order valence-corrected chi connectivity index (χ3v) is 3.76. The fraction of sp³-hybridized carbons (Fsp3) is 0.421. The summed E-state index contributed by atoms with van der Waals surface area (Å²) in [7, 11) is 0. The van der Waals surface area contributed by atoms with E-state index in [9.17, 15) is 4.79 Å². The molecule has 4 heteroatoms. The summed E-state index contributed by atoms with van der Waals surface area (Å²) in [6.45, 7) is 6.63. The number of ether oxygens (including phenoxy) is 1. The lowest BCUT2D eigenvalue weighted by Gasteiger charge is -2.12. The van der Waals surface area contributed by atoms with E-state index < -0.39 is 0 Å². The lowest BCUT2D eigenvalue weighted by atomic mass is 10.0. The predicted octanol–water partition coefficient (Wildman–Crippen LogP) is 4.19. The Labute approximate surface area is 137 Å². The fourth-order valence-corrected chi connectivity index (χ4v) is 2.56. The van der Waals surface area contributed by atoms with Crippen LogP contribution in [0.4, 0.5) is 0 Å². The molecule has 2 rings (SSSR count). The molecule has 1 aromatic carbocycles. The van der Waals surface area contributed by atoms with Crippen molar-refractivity contribution < 1.29 is 13.9 Å². The van der Waals surface area contributed by atoms with E-state index in [1.807, 2.05) is 39.0 Å². The largest absolute Gasteiger partial charge is 0.494 e. The van der Waals surface area contributed by atoms with E-state index in [2.05, 4.69) is 17.4 Å². The normalized spacial score (nSPS) is 12.0. The van der Waals surface area contributed by atoms with E-state index in [1.165, 1.54) is 5.56 Å². The fourth-order valence-electron chi connectivity index (χ4n) is 2.56. The number of hydrogen-bond donors (Lipinski definition) is 1. The summed E-state index contributed by atoms with van der Waals surface area (Å²) >= 11 is 0. The molecule has 0 aliphatic rings. The molecule has 1 atom stereocenters. The molecule has 0 aliphatic carbocycles. The van der Waals surface area contributed by atoms with Crippen LogP contribution in [0.15, 0.2) is 41.0 Å². The lowest BCUT2D eigenvalue weighted by Crippen LogP contribution is -2.26. The quantitative estimate of drug-likeness (QED) is 0.795. The molecule has 1 unspecified atom stereocenters. The maximum absolute atomic E-state index is 12.0. The van der Waals surface area contributed by atoms with Crippen molar-refractivity contribution in [2.24, 2.45) is 0 Å². The third-order valence-electron chi connectivity index (χ3n) is 3.76. The highest BCUT2D eigenvalue weighted by Crippen LogP contribution is 2.20. The van der Waals surface area contributed by atoms with Crippen LogP contribution < -0.4 is 10.1 Å². The van der Waals surface area contributed by atoms with Crippen LogP contribution >= 0.6 is 0 Å². The van der Waals surface area contributed by atoms with Crippen LogP contribution in [0, 0.1) is 6.92 Å². The zero-order valence-electron chi connectivity index (χ0n) is 14.1. The summed E-state index contributed by atoms with van der Waals surface area (Å²) < 4.78 is 10.8. The topological polar surface area (TPSA) is 51.5 Å². The average Bonchev–Trinajstić information content (AvgIpc) is 3.04. The molecule has 4 nitrogen and oxygen atoms in total. The second-order valence-corrected chi connectivity index (χ2v) is 5.69. The van der Waals surface area contributed by atoms with Crippen molar-refractivity contribution in [3.8, 4) is 5.75 Å². The number of aryl methyl sites for hydroxylation is 2. The van der Waals surface area contributed by atoms with Crippen LogP contribution in [0.25, 0.3) is 0 Å². The Morgan fingerprint density at radius 2 is 2.17 bits per heavy atom. The van der Waals surface area contributed by atoms with E-state index in [-0.39, 0.29) is 11.9 Å². The Morgan fingerprint density at radius 1 is 1.35 bits per heavy atom. The number of amides is 1. The molecule has 2 aromatic rings. The maximum atomic E-state index is 12.0. The molecule has 124 valence electrons. The van der Waals surface area contributed by atoms with Crippen LogP contribution in [-0.4, -0.2) is 12.5 Å².